The van der Waals surface area contributed by atoms with Gasteiger partial charge in [-0.1, -0.05) is 77.5 Å². The molecule has 1 aliphatic rings. The molecule has 5 atom stereocenters. The van der Waals surface area contributed by atoms with Gasteiger partial charge < -0.3 is 0 Å². The number of hydrogen-bond acceptors (Lipinski definition) is 0. The maximum Gasteiger partial charge on any atom is -0.0137 e. The molecule has 0 amide bonds. The lowest BCUT2D eigenvalue weighted by Gasteiger charge is -2.18. The van der Waals surface area contributed by atoms with Gasteiger partial charge in [0.2, 0.25) is 0 Å². The van der Waals surface area contributed by atoms with Gasteiger partial charge in [-0.05, 0) is 36.0 Å². The SMILES string of the molecule is C=C(C=CC=CC(C)CC)C1CC(C)C(C)C1C. The van der Waals surface area contributed by atoms with Crippen molar-refractivity contribution in [3.63, 3.8) is 0 Å². The van der Waals surface area contributed by atoms with Crippen molar-refractivity contribution in [2.75, 3.05) is 0 Å². The Kier molecular flexibility index (Phi) is 5.91. The summed E-state index contributed by atoms with van der Waals surface area (Å²) in [6, 6.07) is 0. The normalized spacial score (nSPS) is 34.5. The first-order valence-electron chi connectivity index (χ1n) is 7.51. The maximum atomic E-state index is 4.27. The van der Waals surface area contributed by atoms with Crippen molar-refractivity contribution >= 4 is 0 Å². The zero-order chi connectivity index (χ0) is 13.7. The number of allylic oxidation sites excluding steroid dienone is 5. The molecule has 18 heavy (non-hydrogen) atoms. The Morgan fingerprint density at radius 3 is 2.39 bits per heavy atom. The van der Waals surface area contributed by atoms with Gasteiger partial charge in [-0.3, -0.25) is 0 Å². The molecular formula is C18H30. The van der Waals surface area contributed by atoms with E-state index < -0.39 is 0 Å². The van der Waals surface area contributed by atoms with Gasteiger partial charge in [0.05, 0.1) is 0 Å². The summed E-state index contributed by atoms with van der Waals surface area (Å²) >= 11 is 0. The Labute approximate surface area is 114 Å². The van der Waals surface area contributed by atoms with Crippen LogP contribution in [0.2, 0.25) is 0 Å². The molecule has 0 nitrogen and oxygen atoms in total. The lowest BCUT2D eigenvalue weighted by atomic mass is 9.87. The van der Waals surface area contributed by atoms with Crippen LogP contribution in [0.15, 0.2) is 36.5 Å². The standard InChI is InChI=1S/C18H30/c1-7-13(2)10-8-9-11-14(3)18-12-15(4)16(5)17(18)6/h8-11,13,15-18H,3,7,12H2,1-2,4-6H3. The van der Waals surface area contributed by atoms with Crippen LogP contribution in [0.5, 0.6) is 0 Å². The van der Waals surface area contributed by atoms with E-state index in [1.165, 1.54) is 18.4 Å². The van der Waals surface area contributed by atoms with Crippen LogP contribution in [0, 0.1) is 29.6 Å². The summed E-state index contributed by atoms with van der Waals surface area (Å²) in [5.41, 5.74) is 1.31. The second-order valence-electron chi connectivity index (χ2n) is 6.24. The molecule has 0 heteroatoms. The van der Waals surface area contributed by atoms with Crippen molar-refractivity contribution in [3.8, 4) is 0 Å². The topological polar surface area (TPSA) is 0 Å². The molecule has 0 N–H and O–H groups in total. The molecule has 0 radical (unpaired) electrons. The lowest BCUT2D eigenvalue weighted by molar-refractivity contribution is 0.360. The first kappa shape index (κ1) is 15.3. The smallest absolute Gasteiger partial charge is 0.0137 e. The summed E-state index contributed by atoms with van der Waals surface area (Å²) in [5, 5.41) is 0. The quantitative estimate of drug-likeness (QED) is 0.551. The van der Waals surface area contributed by atoms with Gasteiger partial charge in [-0.2, -0.15) is 0 Å². The molecule has 0 aromatic heterocycles. The zero-order valence-electron chi connectivity index (χ0n) is 12.8. The van der Waals surface area contributed by atoms with E-state index in [0.29, 0.717) is 11.8 Å². The van der Waals surface area contributed by atoms with Crippen molar-refractivity contribution < 1.29 is 0 Å². The van der Waals surface area contributed by atoms with E-state index >= 15 is 0 Å². The van der Waals surface area contributed by atoms with Crippen molar-refractivity contribution in [3.05, 3.63) is 36.5 Å². The van der Waals surface area contributed by atoms with Crippen molar-refractivity contribution in [1.29, 1.82) is 0 Å². The average molecular weight is 246 g/mol. The third kappa shape index (κ3) is 3.86. The lowest BCUT2D eigenvalue weighted by Crippen LogP contribution is -2.10. The van der Waals surface area contributed by atoms with Gasteiger partial charge in [0.15, 0.2) is 0 Å². The van der Waals surface area contributed by atoms with E-state index in [1.807, 2.05) is 0 Å². The molecule has 0 spiro atoms. The van der Waals surface area contributed by atoms with Crippen molar-refractivity contribution in [2.45, 2.75) is 47.5 Å². The Morgan fingerprint density at radius 2 is 1.89 bits per heavy atom. The predicted molar refractivity (Wildman–Crippen MR) is 82.5 cm³/mol. The van der Waals surface area contributed by atoms with Gasteiger partial charge in [0.1, 0.15) is 0 Å². The van der Waals surface area contributed by atoms with Crippen LogP contribution >= 0.6 is 0 Å². The minimum atomic E-state index is 0.674. The Morgan fingerprint density at radius 1 is 1.22 bits per heavy atom. The fourth-order valence-corrected chi connectivity index (χ4v) is 2.90. The van der Waals surface area contributed by atoms with E-state index in [2.05, 4.69) is 65.5 Å². The zero-order valence-corrected chi connectivity index (χ0v) is 12.8. The fraction of sp³-hybridized carbons (Fsp3) is 0.667. The van der Waals surface area contributed by atoms with Gasteiger partial charge in [-0.15, -0.1) is 0 Å². The van der Waals surface area contributed by atoms with E-state index in [4.69, 9.17) is 0 Å². The molecule has 1 saturated carbocycles. The van der Waals surface area contributed by atoms with E-state index in [0.717, 1.165) is 17.8 Å². The minimum Gasteiger partial charge on any atom is -0.0955 e. The molecule has 5 unspecified atom stereocenters. The monoisotopic (exact) mass is 246 g/mol. The second-order valence-corrected chi connectivity index (χ2v) is 6.24. The molecule has 0 aromatic carbocycles. The largest absolute Gasteiger partial charge is 0.0955 e. The van der Waals surface area contributed by atoms with E-state index in [-0.39, 0.29) is 0 Å². The highest BCUT2D eigenvalue weighted by Crippen LogP contribution is 2.44. The first-order valence-corrected chi connectivity index (χ1v) is 7.51. The van der Waals surface area contributed by atoms with Crippen LogP contribution in [0.3, 0.4) is 0 Å². The molecular weight excluding hydrogens is 216 g/mol. The summed E-state index contributed by atoms with van der Waals surface area (Å²) in [7, 11) is 0. The van der Waals surface area contributed by atoms with E-state index in [1.54, 1.807) is 0 Å². The third-order valence-corrected chi connectivity index (χ3v) is 4.97. The Balaban J connectivity index is 2.51. The van der Waals surface area contributed by atoms with Crippen LogP contribution in [0.25, 0.3) is 0 Å². The average Bonchev–Trinajstić information content (AvgIpc) is 2.61. The summed E-state index contributed by atoms with van der Waals surface area (Å²) in [6.45, 7) is 15.9. The van der Waals surface area contributed by atoms with Crippen molar-refractivity contribution in [1.82, 2.24) is 0 Å². The van der Waals surface area contributed by atoms with Crippen molar-refractivity contribution in [2.24, 2.45) is 29.6 Å². The highest BCUT2D eigenvalue weighted by Gasteiger charge is 2.35. The highest BCUT2D eigenvalue weighted by molar-refractivity contribution is 5.24. The molecule has 1 rings (SSSR count). The highest BCUT2D eigenvalue weighted by atomic mass is 14.4. The molecule has 0 aromatic rings. The summed E-state index contributed by atoms with van der Waals surface area (Å²) < 4.78 is 0. The third-order valence-electron chi connectivity index (χ3n) is 4.97. The second kappa shape index (κ2) is 6.97. The summed E-state index contributed by atoms with van der Waals surface area (Å²) in [5.74, 6) is 3.80. The molecule has 0 bridgehead atoms. The van der Waals surface area contributed by atoms with Crippen LogP contribution in [-0.4, -0.2) is 0 Å². The summed E-state index contributed by atoms with van der Waals surface area (Å²) in [6.07, 6.45) is 11.3. The van der Waals surface area contributed by atoms with Crippen LogP contribution in [0.4, 0.5) is 0 Å². The molecule has 0 aliphatic heterocycles. The first-order chi connectivity index (χ1) is 8.47. The predicted octanol–water partition coefficient (Wildman–Crippen LogP) is 5.63. The fourth-order valence-electron chi connectivity index (χ4n) is 2.90. The molecule has 0 heterocycles. The maximum absolute atomic E-state index is 4.27. The van der Waals surface area contributed by atoms with Crippen LogP contribution in [0.1, 0.15) is 47.5 Å². The number of hydrogen-bond donors (Lipinski definition) is 0. The van der Waals surface area contributed by atoms with Gasteiger partial charge in [0.25, 0.3) is 0 Å². The molecule has 1 aliphatic carbocycles. The van der Waals surface area contributed by atoms with Gasteiger partial charge in [-0.25, -0.2) is 0 Å². The van der Waals surface area contributed by atoms with Gasteiger partial charge >= 0.3 is 0 Å². The molecule has 0 saturated heterocycles. The van der Waals surface area contributed by atoms with Crippen LogP contribution in [-0.2, 0) is 0 Å². The van der Waals surface area contributed by atoms with Gasteiger partial charge in [0, 0.05) is 0 Å². The summed E-state index contributed by atoms with van der Waals surface area (Å²) in [4.78, 5) is 0. The Bertz CT molecular complexity index is 321. The van der Waals surface area contributed by atoms with Crippen LogP contribution < -0.4 is 0 Å². The molecule has 1 fully saturated rings. The minimum absolute atomic E-state index is 0.674. The number of rotatable bonds is 5. The van der Waals surface area contributed by atoms with E-state index in [9.17, 15) is 0 Å². The molecule has 102 valence electrons. The Hall–Kier alpha value is -0.780.